The van der Waals surface area contributed by atoms with Crippen molar-refractivity contribution in [1.82, 2.24) is 24.2 Å². The third-order valence-electron chi connectivity index (χ3n) is 5.75. The Balaban J connectivity index is 1.47. The number of sulfonamides is 1. The van der Waals surface area contributed by atoms with E-state index in [0.29, 0.717) is 28.5 Å². The monoisotopic (exact) mass is 524 g/mol. The van der Waals surface area contributed by atoms with Gasteiger partial charge in [-0.3, -0.25) is 4.57 Å². The van der Waals surface area contributed by atoms with Crippen LogP contribution < -0.4 is 10.0 Å². The summed E-state index contributed by atoms with van der Waals surface area (Å²) in [5.74, 6) is 1.05. The van der Waals surface area contributed by atoms with Gasteiger partial charge in [-0.25, -0.2) is 23.1 Å². The van der Waals surface area contributed by atoms with Gasteiger partial charge in [-0.1, -0.05) is 61.2 Å². The lowest BCUT2D eigenvalue weighted by Gasteiger charge is -2.21. The van der Waals surface area contributed by atoms with Crippen LogP contribution in [-0.2, 0) is 10.0 Å². The van der Waals surface area contributed by atoms with E-state index in [9.17, 15) is 8.42 Å². The maximum Gasteiger partial charge on any atom is 0.241 e. The van der Waals surface area contributed by atoms with Gasteiger partial charge in [0.2, 0.25) is 16.0 Å². The van der Waals surface area contributed by atoms with E-state index in [1.807, 2.05) is 79.9 Å². The molecule has 3 aromatic carbocycles. The van der Waals surface area contributed by atoms with Gasteiger partial charge in [-0.2, -0.15) is 4.98 Å². The number of fused-ring (bicyclic) bond motifs is 1. The van der Waals surface area contributed by atoms with Crippen molar-refractivity contribution in [2.24, 2.45) is 0 Å². The van der Waals surface area contributed by atoms with Gasteiger partial charge in [0.15, 0.2) is 0 Å². The standard InChI is InChI=1S/C29H28N6O2S/c1-20(21-10-6-5-7-11-21)32-28-30-17-16-27(33-28)35-19-31-24-18-22(14-15-25(24)35)23-12-8-9-13-26(23)38(36,37)34-29(2,3)4/h5-19,34H,1H2,2-4H3,(H,30,32,33). The van der Waals surface area contributed by atoms with Crippen molar-refractivity contribution in [3.63, 3.8) is 0 Å². The van der Waals surface area contributed by atoms with Gasteiger partial charge in [0.25, 0.3) is 0 Å². The first kappa shape index (κ1) is 25.3. The first-order valence-corrected chi connectivity index (χ1v) is 13.5. The third-order valence-corrected chi connectivity index (χ3v) is 7.56. The van der Waals surface area contributed by atoms with Crippen LogP contribution in [-0.4, -0.2) is 33.5 Å². The molecule has 0 radical (unpaired) electrons. The van der Waals surface area contributed by atoms with Crippen molar-refractivity contribution in [2.45, 2.75) is 31.2 Å². The van der Waals surface area contributed by atoms with E-state index in [-0.39, 0.29) is 4.90 Å². The second-order valence-electron chi connectivity index (χ2n) is 9.88. The highest BCUT2D eigenvalue weighted by atomic mass is 32.2. The van der Waals surface area contributed by atoms with Gasteiger partial charge in [0.05, 0.1) is 15.9 Å². The van der Waals surface area contributed by atoms with Crippen LogP contribution in [0.4, 0.5) is 5.95 Å². The number of hydrogen-bond acceptors (Lipinski definition) is 6. The van der Waals surface area contributed by atoms with Gasteiger partial charge in [-0.15, -0.1) is 0 Å². The molecule has 9 heteroatoms. The molecule has 8 nitrogen and oxygen atoms in total. The van der Waals surface area contributed by atoms with Gasteiger partial charge in [-0.05, 0) is 56.2 Å². The molecule has 0 aliphatic carbocycles. The lowest BCUT2D eigenvalue weighted by Crippen LogP contribution is -2.40. The molecule has 0 bridgehead atoms. The molecular weight excluding hydrogens is 496 g/mol. The second kappa shape index (κ2) is 9.85. The van der Waals surface area contributed by atoms with Crippen molar-refractivity contribution >= 4 is 32.7 Å². The molecule has 0 saturated heterocycles. The first-order valence-electron chi connectivity index (χ1n) is 12.1. The summed E-state index contributed by atoms with van der Waals surface area (Å²) in [5.41, 5.74) is 3.93. The highest BCUT2D eigenvalue weighted by molar-refractivity contribution is 7.89. The molecule has 192 valence electrons. The SMILES string of the molecule is C=C(Nc1nccc(-n2cnc3cc(-c4ccccc4S(=O)(=O)NC(C)(C)C)ccc32)n1)c1ccccc1. The molecule has 5 aromatic rings. The van der Waals surface area contributed by atoms with E-state index in [1.54, 1.807) is 36.8 Å². The summed E-state index contributed by atoms with van der Waals surface area (Å²) >= 11 is 0. The summed E-state index contributed by atoms with van der Waals surface area (Å²) in [4.78, 5) is 13.8. The summed E-state index contributed by atoms with van der Waals surface area (Å²) in [7, 11) is -3.73. The Morgan fingerprint density at radius 2 is 1.66 bits per heavy atom. The van der Waals surface area contributed by atoms with Crippen molar-refractivity contribution in [3.8, 4) is 16.9 Å². The molecule has 0 aliphatic rings. The van der Waals surface area contributed by atoms with Crippen LogP contribution in [0.3, 0.4) is 0 Å². The highest BCUT2D eigenvalue weighted by Gasteiger charge is 2.25. The van der Waals surface area contributed by atoms with Crippen molar-refractivity contribution in [2.75, 3.05) is 5.32 Å². The number of nitrogens with one attached hydrogen (secondary N) is 2. The van der Waals surface area contributed by atoms with Crippen molar-refractivity contribution < 1.29 is 8.42 Å². The average Bonchev–Trinajstić information content (AvgIpc) is 3.31. The van der Waals surface area contributed by atoms with Crippen LogP contribution in [0.1, 0.15) is 26.3 Å². The summed E-state index contributed by atoms with van der Waals surface area (Å²) in [5, 5.41) is 3.16. The van der Waals surface area contributed by atoms with Gasteiger partial charge in [0.1, 0.15) is 12.1 Å². The number of rotatable bonds is 7. The fraction of sp³-hybridized carbons (Fsp3) is 0.138. The normalized spacial score (nSPS) is 12.0. The molecule has 0 saturated carbocycles. The molecule has 0 amide bonds. The quantitative estimate of drug-likeness (QED) is 0.286. The lowest BCUT2D eigenvalue weighted by atomic mass is 10.1. The Hall–Kier alpha value is -4.34. The van der Waals surface area contributed by atoms with E-state index < -0.39 is 15.6 Å². The Morgan fingerprint density at radius 3 is 2.42 bits per heavy atom. The van der Waals surface area contributed by atoms with Crippen LogP contribution in [0.2, 0.25) is 0 Å². The fourth-order valence-electron chi connectivity index (χ4n) is 4.15. The third kappa shape index (κ3) is 5.34. The van der Waals surface area contributed by atoms with Crippen LogP contribution >= 0.6 is 0 Å². The molecule has 5 rings (SSSR count). The predicted octanol–water partition coefficient (Wildman–Crippen LogP) is 5.64. The van der Waals surface area contributed by atoms with Gasteiger partial charge in [0, 0.05) is 23.0 Å². The Morgan fingerprint density at radius 1 is 0.921 bits per heavy atom. The van der Waals surface area contributed by atoms with E-state index >= 15 is 0 Å². The summed E-state index contributed by atoms with van der Waals surface area (Å²) in [6.45, 7) is 9.54. The largest absolute Gasteiger partial charge is 0.324 e. The molecular formula is C29H28N6O2S. The van der Waals surface area contributed by atoms with E-state index in [1.165, 1.54) is 0 Å². The van der Waals surface area contributed by atoms with Crippen LogP contribution in [0.5, 0.6) is 0 Å². The zero-order chi connectivity index (χ0) is 26.9. The minimum absolute atomic E-state index is 0.221. The molecule has 0 unspecified atom stereocenters. The second-order valence-corrected chi connectivity index (χ2v) is 11.5. The summed E-state index contributed by atoms with van der Waals surface area (Å²) < 4.78 is 30.9. The van der Waals surface area contributed by atoms with Crippen LogP contribution in [0, 0.1) is 0 Å². The van der Waals surface area contributed by atoms with Crippen molar-refractivity contribution in [3.05, 3.63) is 104 Å². The Labute approximate surface area is 222 Å². The molecule has 0 spiro atoms. The Kier molecular flexibility index (Phi) is 6.56. The van der Waals surface area contributed by atoms with Gasteiger partial charge < -0.3 is 5.32 Å². The molecule has 0 atom stereocenters. The zero-order valence-corrected chi connectivity index (χ0v) is 22.2. The molecule has 38 heavy (non-hydrogen) atoms. The maximum atomic E-state index is 13.1. The molecule has 2 heterocycles. The van der Waals surface area contributed by atoms with E-state index in [0.717, 1.165) is 16.6 Å². The van der Waals surface area contributed by atoms with E-state index in [2.05, 4.69) is 31.6 Å². The minimum atomic E-state index is -3.73. The number of nitrogens with zero attached hydrogens (tertiary/aromatic N) is 4. The molecule has 2 N–H and O–H groups in total. The first-order chi connectivity index (χ1) is 18.1. The molecule has 2 aromatic heterocycles. The Bertz CT molecular complexity index is 1740. The summed E-state index contributed by atoms with van der Waals surface area (Å²) in [6, 6.07) is 24.2. The topological polar surface area (TPSA) is 102 Å². The van der Waals surface area contributed by atoms with Gasteiger partial charge >= 0.3 is 0 Å². The lowest BCUT2D eigenvalue weighted by molar-refractivity contribution is 0.491. The summed E-state index contributed by atoms with van der Waals surface area (Å²) in [6.07, 6.45) is 3.36. The maximum absolute atomic E-state index is 13.1. The number of aromatic nitrogens is 4. The fourth-order valence-corrected chi connectivity index (χ4v) is 5.80. The van der Waals surface area contributed by atoms with E-state index in [4.69, 9.17) is 0 Å². The average molecular weight is 525 g/mol. The number of benzene rings is 3. The predicted molar refractivity (Wildman–Crippen MR) is 151 cm³/mol. The van der Waals surface area contributed by atoms with Crippen molar-refractivity contribution in [1.29, 1.82) is 0 Å². The zero-order valence-electron chi connectivity index (χ0n) is 21.4. The van der Waals surface area contributed by atoms with Crippen LogP contribution in [0.15, 0.2) is 103 Å². The smallest absolute Gasteiger partial charge is 0.241 e. The number of anilines is 1. The number of hydrogen-bond donors (Lipinski definition) is 2. The highest BCUT2D eigenvalue weighted by Crippen LogP contribution is 2.31. The minimum Gasteiger partial charge on any atom is -0.324 e. The number of imidazole rings is 1. The van der Waals surface area contributed by atoms with Crippen LogP contribution in [0.25, 0.3) is 33.7 Å². The molecule has 0 fully saturated rings. The molecule has 0 aliphatic heterocycles.